The van der Waals surface area contributed by atoms with Crippen molar-refractivity contribution in [3.63, 3.8) is 0 Å². The van der Waals surface area contributed by atoms with Crippen molar-refractivity contribution < 1.29 is 27.5 Å². The van der Waals surface area contributed by atoms with Gasteiger partial charge in [-0.05, 0) is 68.7 Å². The van der Waals surface area contributed by atoms with Crippen molar-refractivity contribution in [2.75, 3.05) is 77.1 Å². The predicted molar refractivity (Wildman–Crippen MR) is 166 cm³/mol. The molecule has 0 radical (unpaired) electrons. The third-order valence-electron chi connectivity index (χ3n) is 8.01. The number of hydrogen-bond donors (Lipinski definition) is 0. The Kier molecular flexibility index (Phi) is 9.97. The molecule has 2 aromatic carbocycles. The molecule has 11 nitrogen and oxygen atoms in total. The number of anilines is 1. The van der Waals surface area contributed by atoms with Gasteiger partial charge in [-0.1, -0.05) is 17.4 Å². The van der Waals surface area contributed by atoms with E-state index in [0.717, 1.165) is 60.6 Å². The molecule has 0 aliphatic carbocycles. The number of carbonyl (C=O) groups excluding carboxylic acids is 2. The van der Waals surface area contributed by atoms with E-state index in [1.165, 1.54) is 32.7 Å². The molecule has 2 fully saturated rings. The molecule has 0 N–H and O–H groups in total. The molecule has 0 saturated carbocycles. The number of morpholine rings is 1. The van der Waals surface area contributed by atoms with Crippen molar-refractivity contribution in [2.24, 2.45) is 0 Å². The molecule has 2 saturated heterocycles. The minimum Gasteiger partial charge on any atom is -0.450 e. The summed E-state index contributed by atoms with van der Waals surface area (Å²) in [7, 11) is -3.79. The minimum absolute atomic E-state index is 0.110. The highest BCUT2D eigenvalue weighted by Crippen LogP contribution is 2.33. The van der Waals surface area contributed by atoms with Crippen LogP contribution in [0.15, 0.2) is 41.3 Å². The van der Waals surface area contributed by atoms with Crippen molar-refractivity contribution in [3.8, 4) is 0 Å². The Morgan fingerprint density at radius 1 is 1.00 bits per heavy atom. The molecule has 13 heteroatoms. The van der Waals surface area contributed by atoms with Gasteiger partial charge in [-0.3, -0.25) is 14.6 Å². The third-order valence-corrected chi connectivity index (χ3v) is 11.0. The minimum atomic E-state index is -3.79. The van der Waals surface area contributed by atoms with E-state index in [1.54, 1.807) is 24.0 Å². The van der Waals surface area contributed by atoms with E-state index >= 15 is 0 Å². The lowest BCUT2D eigenvalue weighted by atomic mass is 10.1. The van der Waals surface area contributed by atoms with Gasteiger partial charge in [0.25, 0.3) is 5.91 Å². The number of carbonyl (C=O) groups is 2. The number of ether oxygens (including phenoxy) is 2. The molecule has 2 amide bonds. The van der Waals surface area contributed by atoms with Gasteiger partial charge in [0.15, 0.2) is 5.13 Å². The predicted octanol–water partition coefficient (Wildman–Crippen LogP) is 3.75. The Balaban J connectivity index is 1.33. The van der Waals surface area contributed by atoms with Gasteiger partial charge in [0, 0.05) is 57.9 Å². The summed E-state index contributed by atoms with van der Waals surface area (Å²) in [5.74, 6) is -0.220. The number of piperazine rings is 1. The number of nitrogens with zero attached hydrogens (tertiary/aromatic N) is 5. The van der Waals surface area contributed by atoms with E-state index in [1.807, 2.05) is 13.0 Å². The van der Waals surface area contributed by atoms with Crippen molar-refractivity contribution in [1.29, 1.82) is 0 Å². The smallest absolute Gasteiger partial charge is 0.409 e. The van der Waals surface area contributed by atoms with Gasteiger partial charge in [0.05, 0.1) is 34.9 Å². The third kappa shape index (κ3) is 7.01. The Morgan fingerprint density at radius 3 is 2.37 bits per heavy atom. The maximum absolute atomic E-state index is 13.9. The van der Waals surface area contributed by atoms with Crippen LogP contribution in [0, 0.1) is 13.8 Å². The number of hydrogen-bond acceptors (Lipinski definition) is 9. The van der Waals surface area contributed by atoms with E-state index in [0.29, 0.717) is 17.2 Å². The lowest BCUT2D eigenvalue weighted by molar-refractivity contribution is 0.0376. The Morgan fingerprint density at radius 2 is 1.70 bits per heavy atom. The fourth-order valence-corrected chi connectivity index (χ4v) is 7.76. The van der Waals surface area contributed by atoms with Crippen LogP contribution in [-0.2, 0) is 19.5 Å². The van der Waals surface area contributed by atoms with E-state index in [4.69, 9.17) is 14.5 Å². The van der Waals surface area contributed by atoms with Gasteiger partial charge < -0.3 is 14.4 Å². The lowest BCUT2D eigenvalue weighted by Crippen LogP contribution is -2.50. The van der Waals surface area contributed by atoms with E-state index in [9.17, 15) is 18.0 Å². The molecule has 2 aliphatic heterocycles. The molecule has 3 heterocycles. The largest absolute Gasteiger partial charge is 0.450 e. The van der Waals surface area contributed by atoms with Crippen molar-refractivity contribution >= 4 is 48.7 Å². The number of sulfonamides is 1. The Hall–Kier alpha value is -3.10. The average Bonchev–Trinajstić information content (AvgIpc) is 3.46. The number of thiazole rings is 1. The fourth-order valence-electron chi connectivity index (χ4n) is 5.29. The number of benzene rings is 2. The number of rotatable bonds is 9. The van der Waals surface area contributed by atoms with Gasteiger partial charge >= 0.3 is 6.09 Å². The highest BCUT2D eigenvalue weighted by Gasteiger charge is 2.31. The van der Waals surface area contributed by atoms with Crippen LogP contribution in [0.3, 0.4) is 0 Å². The monoisotopic (exact) mass is 629 g/mol. The zero-order chi connectivity index (χ0) is 30.6. The van der Waals surface area contributed by atoms with Crippen LogP contribution in [0.1, 0.15) is 34.8 Å². The summed E-state index contributed by atoms with van der Waals surface area (Å²) in [5, 5.41) is 0.631. The van der Waals surface area contributed by atoms with Gasteiger partial charge in [-0.25, -0.2) is 18.2 Å². The summed E-state index contributed by atoms with van der Waals surface area (Å²) in [6, 6.07) is 10.2. The maximum Gasteiger partial charge on any atom is 0.409 e. The molecule has 43 heavy (non-hydrogen) atoms. The first kappa shape index (κ1) is 31.3. The quantitative estimate of drug-likeness (QED) is 0.352. The van der Waals surface area contributed by atoms with Gasteiger partial charge in [0.2, 0.25) is 10.0 Å². The van der Waals surface area contributed by atoms with E-state index < -0.39 is 16.1 Å². The first-order valence-electron chi connectivity index (χ1n) is 14.7. The van der Waals surface area contributed by atoms with Crippen LogP contribution < -0.4 is 4.90 Å². The molecule has 0 unspecified atom stereocenters. The summed E-state index contributed by atoms with van der Waals surface area (Å²) < 4.78 is 39.6. The second-order valence-corrected chi connectivity index (χ2v) is 13.7. The maximum atomic E-state index is 13.9. The molecule has 1 aromatic heterocycles. The van der Waals surface area contributed by atoms with E-state index in [-0.39, 0.29) is 43.6 Å². The zero-order valence-corrected chi connectivity index (χ0v) is 26.6. The molecule has 0 bridgehead atoms. The van der Waals surface area contributed by atoms with E-state index in [2.05, 4.69) is 17.9 Å². The summed E-state index contributed by atoms with van der Waals surface area (Å²) in [6.45, 7) is 11.5. The van der Waals surface area contributed by atoms with Crippen LogP contribution in [-0.4, -0.2) is 112 Å². The average molecular weight is 630 g/mol. The molecular formula is C30H39N5O6S2. The number of aromatic nitrogens is 1. The van der Waals surface area contributed by atoms with Crippen molar-refractivity contribution in [2.45, 2.75) is 32.1 Å². The lowest BCUT2D eigenvalue weighted by Gasteiger charge is -2.33. The number of fused-ring (bicyclic) bond motifs is 1. The summed E-state index contributed by atoms with van der Waals surface area (Å²) >= 11 is 1.49. The standard InChI is InChI=1S/C30H39N5O6S2/c1-4-41-30(37)33-14-16-34(17-15-33)43(38,39)25-9-7-24(8-10-25)28(36)35(13-5-12-32-18-20-40-21-19-32)29-31-27-23(3)22(2)6-11-26(27)42-29/h6-11H,4-5,12-21H2,1-3H3. The molecule has 0 spiro atoms. The SMILES string of the molecule is CCOC(=O)N1CCN(S(=O)(=O)c2ccc(C(=O)N(CCCN3CCOCC3)c3nc4c(C)c(C)ccc4s3)cc2)CC1. The highest BCUT2D eigenvalue weighted by atomic mass is 32.2. The second-order valence-electron chi connectivity index (χ2n) is 10.7. The van der Waals surface area contributed by atoms with Gasteiger partial charge in [0.1, 0.15) is 0 Å². The molecular weight excluding hydrogens is 590 g/mol. The summed E-state index contributed by atoms with van der Waals surface area (Å²) in [6.07, 6.45) is 0.333. The number of aryl methyl sites for hydroxylation is 2. The Bertz CT molecular complexity index is 1540. The van der Waals surface area contributed by atoms with Crippen LogP contribution in [0.5, 0.6) is 0 Å². The fraction of sp³-hybridized carbons (Fsp3) is 0.500. The zero-order valence-electron chi connectivity index (χ0n) is 25.0. The molecule has 2 aliphatic rings. The second kappa shape index (κ2) is 13.7. The molecule has 5 rings (SSSR count). The van der Waals surface area contributed by atoms with Crippen LogP contribution in [0.2, 0.25) is 0 Å². The summed E-state index contributed by atoms with van der Waals surface area (Å²) in [4.78, 5) is 36.5. The highest BCUT2D eigenvalue weighted by molar-refractivity contribution is 7.89. The first-order chi connectivity index (χ1) is 20.7. The first-order valence-corrected chi connectivity index (χ1v) is 17.0. The van der Waals surface area contributed by atoms with Crippen LogP contribution in [0.25, 0.3) is 10.2 Å². The topological polar surface area (TPSA) is 113 Å². The normalized spacial score (nSPS) is 16.9. The summed E-state index contributed by atoms with van der Waals surface area (Å²) in [5.41, 5.74) is 3.53. The van der Waals surface area contributed by atoms with Crippen LogP contribution in [0.4, 0.5) is 9.93 Å². The number of amides is 2. The van der Waals surface area contributed by atoms with Crippen molar-refractivity contribution in [3.05, 3.63) is 53.1 Å². The van der Waals surface area contributed by atoms with Crippen molar-refractivity contribution in [1.82, 2.24) is 19.1 Å². The molecule has 3 aromatic rings. The molecule has 232 valence electrons. The Labute approximate surface area is 257 Å². The molecule has 0 atom stereocenters. The van der Waals surface area contributed by atoms with Crippen LogP contribution >= 0.6 is 11.3 Å². The van der Waals surface area contributed by atoms with Gasteiger partial charge in [-0.15, -0.1) is 0 Å². The van der Waals surface area contributed by atoms with Gasteiger partial charge in [-0.2, -0.15) is 4.31 Å².